The van der Waals surface area contributed by atoms with Gasteiger partial charge < -0.3 is 20.4 Å². The van der Waals surface area contributed by atoms with Gasteiger partial charge in [0.1, 0.15) is 5.65 Å². The summed E-state index contributed by atoms with van der Waals surface area (Å²) in [5, 5.41) is 11.8. The fourth-order valence-electron chi connectivity index (χ4n) is 6.85. The quantitative estimate of drug-likeness (QED) is 0.412. The van der Waals surface area contributed by atoms with Gasteiger partial charge in [0, 0.05) is 59.7 Å². The molecule has 0 radical (unpaired) electrons. The number of nitrogens with zero attached hydrogens (tertiary/aromatic N) is 3. The third-order valence-electron chi connectivity index (χ3n) is 8.50. The van der Waals surface area contributed by atoms with Crippen LogP contribution in [0.15, 0.2) is 42.9 Å². The molecular formula is C28H30N6O2. The van der Waals surface area contributed by atoms with E-state index in [0.29, 0.717) is 17.6 Å². The predicted octanol–water partition coefficient (Wildman–Crippen LogP) is 3.88. The van der Waals surface area contributed by atoms with Crippen LogP contribution in [0, 0.1) is 5.41 Å². The van der Waals surface area contributed by atoms with Crippen molar-refractivity contribution >= 4 is 16.9 Å². The molecule has 4 aromatic rings. The molecule has 8 heteroatoms. The zero-order valence-electron chi connectivity index (χ0n) is 20.6. The summed E-state index contributed by atoms with van der Waals surface area (Å²) in [7, 11) is 3.58. The maximum absolute atomic E-state index is 12.2. The zero-order valence-corrected chi connectivity index (χ0v) is 20.6. The average molecular weight is 483 g/mol. The van der Waals surface area contributed by atoms with E-state index in [-0.39, 0.29) is 11.5 Å². The first-order valence-corrected chi connectivity index (χ1v) is 12.7. The number of H-pyrrole nitrogens is 1. The molecule has 1 aliphatic carbocycles. The van der Waals surface area contributed by atoms with Crippen LogP contribution in [0.4, 0.5) is 0 Å². The number of aryl methyl sites for hydroxylation is 1. The molecule has 36 heavy (non-hydrogen) atoms. The molecule has 1 aromatic carbocycles. The lowest BCUT2D eigenvalue weighted by molar-refractivity contribution is -0.176. The van der Waals surface area contributed by atoms with Crippen LogP contribution in [0.1, 0.15) is 47.2 Å². The van der Waals surface area contributed by atoms with Crippen molar-refractivity contribution in [2.45, 2.75) is 37.9 Å². The van der Waals surface area contributed by atoms with Gasteiger partial charge >= 0.3 is 0 Å². The minimum Gasteiger partial charge on any atom is -0.365 e. The molecule has 1 amide bonds. The number of aromatic nitrogens is 4. The van der Waals surface area contributed by atoms with Gasteiger partial charge in [0.25, 0.3) is 5.91 Å². The highest BCUT2D eigenvalue weighted by Crippen LogP contribution is 2.64. The monoisotopic (exact) mass is 482 g/mol. The van der Waals surface area contributed by atoms with Gasteiger partial charge in [-0.25, -0.2) is 4.98 Å². The Bertz CT molecular complexity index is 1480. The third kappa shape index (κ3) is 3.10. The van der Waals surface area contributed by atoms with Crippen molar-refractivity contribution in [3.05, 3.63) is 59.5 Å². The second-order valence-corrected chi connectivity index (χ2v) is 10.7. The first-order chi connectivity index (χ1) is 17.5. The van der Waals surface area contributed by atoms with E-state index in [9.17, 15) is 4.79 Å². The minimum atomic E-state index is -0.251. The van der Waals surface area contributed by atoms with Crippen molar-refractivity contribution in [1.82, 2.24) is 30.4 Å². The number of hydrogen-bond donors (Lipinski definition) is 3. The Hall–Kier alpha value is -3.49. The predicted molar refractivity (Wildman–Crippen MR) is 137 cm³/mol. The zero-order chi connectivity index (χ0) is 24.5. The maximum Gasteiger partial charge on any atom is 0.251 e. The van der Waals surface area contributed by atoms with Crippen LogP contribution in [-0.4, -0.2) is 45.8 Å². The number of carbonyl (C=O) groups excluding carboxylic acids is 1. The van der Waals surface area contributed by atoms with Gasteiger partial charge in [-0.2, -0.15) is 5.10 Å². The van der Waals surface area contributed by atoms with E-state index in [0.717, 1.165) is 59.3 Å². The van der Waals surface area contributed by atoms with Crippen LogP contribution >= 0.6 is 0 Å². The number of rotatable bonds is 3. The van der Waals surface area contributed by atoms with Crippen molar-refractivity contribution in [2.75, 3.05) is 20.1 Å². The summed E-state index contributed by atoms with van der Waals surface area (Å²) in [5.74, 6) is -0.0930. The number of benzene rings is 1. The number of piperidine rings is 1. The van der Waals surface area contributed by atoms with E-state index in [1.807, 2.05) is 54.6 Å². The van der Waals surface area contributed by atoms with E-state index < -0.39 is 0 Å². The number of aromatic amines is 1. The third-order valence-corrected chi connectivity index (χ3v) is 8.50. The Morgan fingerprint density at radius 2 is 1.89 bits per heavy atom. The molecule has 1 saturated carbocycles. The van der Waals surface area contributed by atoms with Crippen LogP contribution in [0.5, 0.6) is 0 Å². The molecule has 7 rings (SSSR count). The summed E-state index contributed by atoms with van der Waals surface area (Å²) in [6.45, 7) is 2.79. The Morgan fingerprint density at radius 3 is 2.58 bits per heavy atom. The van der Waals surface area contributed by atoms with E-state index in [1.165, 1.54) is 24.0 Å². The molecule has 8 nitrogen and oxygen atoms in total. The van der Waals surface area contributed by atoms with Gasteiger partial charge in [-0.15, -0.1) is 0 Å². The Labute approximate surface area is 209 Å². The molecule has 3 aromatic heterocycles. The first-order valence-electron chi connectivity index (χ1n) is 12.7. The normalized spacial score (nSPS) is 19.5. The Kier molecular flexibility index (Phi) is 4.69. The van der Waals surface area contributed by atoms with Crippen LogP contribution in [-0.2, 0) is 24.0 Å². The molecule has 1 saturated heterocycles. The van der Waals surface area contributed by atoms with Crippen molar-refractivity contribution in [1.29, 1.82) is 0 Å². The average Bonchev–Trinajstić information content (AvgIpc) is 3.59. The number of ether oxygens (including phenoxy) is 1. The van der Waals surface area contributed by atoms with Gasteiger partial charge in [0.05, 0.1) is 24.1 Å². The molecule has 184 valence electrons. The fraction of sp³-hybridized carbons (Fsp3) is 0.393. The highest BCUT2D eigenvalue weighted by molar-refractivity contribution is 6.05. The highest BCUT2D eigenvalue weighted by Gasteiger charge is 2.59. The summed E-state index contributed by atoms with van der Waals surface area (Å²) in [6, 6.07) is 7.83. The lowest BCUT2D eigenvalue weighted by Gasteiger charge is -2.56. The second kappa shape index (κ2) is 7.75. The van der Waals surface area contributed by atoms with Crippen molar-refractivity contribution in [3.63, 3.8) is 0 Å². The molecule has 2 fully saturated rings. The summed E-state index contributed by atoms with van der Waals surface area (Å²) < 4.78 is 8.43. The van der Waals surface area contributed by atoms with Gasteiger partial charge in [-0.3, -0.25) is 9.48 Å². The van der Waals surface area contributed by atoms with Gasteiger partial charge in [-0.05, 0) is 61.9 Å². The van der Waals surface area contributed by atoms with E-state index >= 15 is 0 Å². The lowest BCUT2D eigenvalue weighted by atomic mass is 9.53. The molecule has 2 aliphatic heterocycles. The maximum atomic E-state index is 12.2. The highest BCUT2D eigenvalue weighted by atomic mass is 16.5. The van der Waals surface area contributed by atoms with Crippen LogP contribution < -0.4 is 10.6 Å². The van der Waals surface area contributed by atoms with Crippen molar-refractivity contribution in [3.8, 4) is 22.4 Å². The summed E-state index contributed by atoms with van der Waals surface area (Å²) in [5.41, 5.74) is 8.26. The van der Waals surface area contributed by atoms with E-state index in [1.54, 1.807) is 7.05 Å². The number of pyridine rings is 1. The topological polar surface area (TPSA) is 96.9 Å². The number of amides is 1. The van der Waals surface area contributed by atoms with E-state index in [4.69, 9.17) is 9.72 Å². The molecule has 0 atom stereocenters. The lowest BCUT2D eigenvalue weighted by Crippen LogP contribution is -2.53. The summed E-state index contributed by atoms with van der Waals surface area (Å²) in [4.78, 5) is 20.6. The molecule has 0 unspecified atom stereocenters. The minimum absolute atomic E-state index is 0.0930. The molecule has 3 N–H and O–H groups in total. The van der Waals surface area contributed by atoms with Crippen LogP contribution in [0.25, 0.3) is 33.4 Å². The Balaban J connectivity index is 1.43. The summed E-state index contributed by atoms with van der Waals surface area (Å²) in [6.07, 6.45) is 10.4. The van der Waals surface area contributed by atoms with Crippen molar-refractivity contribution in [2.24, 2.45) is 12.5 Å². The van der Waals surface area contributed by atoms with Crippen LogP contribution in [0.3, 0.4) is 0 Å². The van der Waals surface area contributed by atoms with Crippen molar-refractivity contribution < 1.29 is 9.53 Å². The largest absolute Gasteiger partial charge is 0.365 e. The van der Waals surface area contributed by atoms with Gasteiger partial charge in [0.15, 0.2) is 0 Å². The number of nitrogens with one attached hydrogen (secondary N) is 3. The van der Waals surface area contributed by atoms with Gasteiger partial charge in [-0.1, -0.05) is 12.1 Å². The number of hydrogen-bond acceptors (Lipinski definition) is 5. The number of carbonyl (C=O) groups is 1. The molecule has 5 heterocycles. The van der Waals surface area contributed by atoms with E-state index in [2.05, 4.69) is 20.7 Å². The number of fused-ring (bicyclic) bond motifs is 4. The summed E-state index contributed by atoms with van der Waals surface area (Å²) >= 11 is 0. The standard InChI is InChI=1S/C28H30N6O2/c1-29-26(35)18-5-3-17(4-6-18)21-22-23-20(11-31-25(22)33-24(21)19-12-32-34(2)13-19)14-36-28(23)15-27(16-28)7-9-30-10-8-27/h3-6,11-13,30H,7-10,14-16H2,1-2H3,(H,29,35)(H,31,33). The molecule has 0 bridgehead atoms. The first kappa shape index (κ1) is 21.8. The molecular weight excluding hydrogens is 452 g/mol. The SMILES string of the molecule is CNC(=O)c1ccc(-c2c(-c3cnn(C)c3)[nH]c3ncc4c(c23)C2(CC3(CCNCC3)C2)OC4)cc1. The fourth-order valence-corrected chi connectivity index (χ4v) is 6.85. The smallest absolute Gasteiger partial charge is 0.251 e. The van der Waals surface area contributed by atoms with Gasteiger partial charge in [0.2, 0.25) is 0 Å². The molecule has 2 spiro atoms. The Morgan fingerprint density at radius 1 is 1.11 bits per heavy atom. The molecule has 3 aliphatic rings. The van der Waals surface area contributed by atoms with Crippen LogP contribution in [0.2, 0.25) is 0 Å². The second-order valence-electron chi connectivity index (χ2n) is 10.7.